The SMILES string of the molecule is CC(=O)c1oc2ccc(C(C)(C)CC(C)(C)C)cc2c1C. The Labute approximate surface area is 127 Å². The van der Waals surface area contributed by atoms with Crippen LogP contribution in [0.15, 0.2) is 22.6 Å². The van der Waals surface area contributed by atoms with Gasteiger partial charge in [-0.2, -0.15) is 0 Å². The van der Waals surface area contributed by atoms with Crippen molar-refractivity contribution < 1.29 is 9.21 Å². The molecule has 0 fully saturated rings. The van der Waals surface area contributed by atoms with Gasteiger partial charge in [-0.1, -0.05) is 40.7 Å². The van der Waals surface area contributed by atoms with Gasteiger partial charge in [0, 0.05) is 17.9 Å². The topological polar surface area (TPSA) is 30.2 Å². The fraction of sp³-hybridized carbons (Fsp3) is 0.526. The molecular weight excluding hydrogens is 260 g/mol. The van der Waals surface area contributed by atoms with E-state index in [1.807, 2.05) is 13.0 Å². The van der Waals surface area contributed by atoms with Crippen LogP contribution in [0, 0.1) is 12.3 Å². The van der Waals surface area contributed by atoms with Gasteiger partial charge in [-0.3, -0.25) is 4.79 Å². The second-order valence-electron chi connectivity index (χ2n) is 7.94. The predicted octanol–water partition coefficient (Wildman–Crippen LogP) is 5.66. The molecule has 0 aliphatic heterocycles. The fourth-order valence-electron chi connectivity index (χ4n) is 3.41. The third kappa shape index (κ3) is 3.20. The summed E-state index contributed by atoms with van der Waals surface area (Å²) >= 11 is 0. The largest absolute Gasteiger partial charge is 0.453 e. The average Bonchev–Trinajstić information content (AvgIpc) is 2.63. The molecule has 0 saturated carbocycles. The number of carbonyl (C=O) groups is 1. The number of aryl methyl sites for hydroxylation is 1. The van der Waals surface area contributed by atoms with E-state index in [0.717, 1.165) is 23.0 Å². The summed E-state index contributed by atoms with van der Waals surface area (Å²) in [6, 6.07) is 6.31. The Hall–Kier alpha value is -1.57. The summed E-state index contributed by atoms with van der Waals surface area (Å²) in [5.74, 6) is 0.468. The normalized spacial score (nSPS) is 12.9. The maximum atomic E-state index is 11.6. The van der Waals surface area contributed by atoms with E-state index in [0.29, 0.717) is 5.76 Å². The summed E-state index contributed by atoms with van der Waals surface area (Å²) in [4.78, 5) is 11.6. The lowest BCUT2D eigenvalue weighted by atomic mass is 9.72. The summed E-state index contributed by atoms with van der Waals surface area (Å²) < 4.78 is 5.68. The molecule has 0 radical (unpaired) electrons. The second-order valence-corrected chi connectivity index (χ2v) is 7.94. The lowest BCUT2D eigenvalue weighted by molar-refractivity contribution is 0.0988. The van der Waals surface area contributed by atoms with Crippen LogP contribution in [-0.2, 0) is 5.41 Å². The molecule has 0 atom stereocenters. The smallest absolute Gasteiger partial charge is 0.195 e. The molecule has 21 heavy (non-hydrogen) atoms. The summed E-state index contributed by atoms with van der Waals surface area (Å²) in [6.07, 6.45) is 1.10. The summed E-state index contributed by atoms with van der Waals surface area (Å²) in [5.41, 5.74) is 3.41. The summed E-state index contributed by atoms with van der Waals surface area (Å²) in [7, 11) is 0. The van der Waals surface area contributed by atoms with Crippen molar-refractivity contribution in [2.45, 2.75) is 60.3 Å². The van der Waals surface area contributed by atoms with Gasteiger partial charge < -0.3 is 4.42 Å². The first-order valence-corrected chi connectivity index (χ1v) is 7.56. The van der Waals surface area contributed by atoms with Gasteiger partial charge >= 0.3 is 0 Å². The van der Waals surface area contributed by atoms with Crippen LogP contribution < -0.4 is 0 Å². The van der Waals surface area contributed by atoms with Gasteiger partial charge in [0.05, 0.1) is 0 Å². The predicted molar refractivity (Wildman–Crippen MR) is 88.1 cm³/mol. The average molecular weight is 286 g/mol. The lowest BCUT2D eigenvalue weighted by Gasteiger charge is -2.33. The zero-order valence-corrected chi connectivity index (χ0v) is 14.3. The number of carbonyl (C=O) groups excluding carboxylic acids is 1. The van der Waals surface area contributed by atoms with Crippen LogP contribution in [0.4, 0.5) is 0 Å². The number of Topliss-reactive ketones (excluding diaryl/α,β-unsaturated/α-hetero) is 1. The van der Waals surface area contributed by atoms with Gasteiger partial charge in [0.1, 0.15) is 5.58 Å². The molecule has 0 aliphatic carbocycles. The number of benzene rings is 1. The van der Waals surface area contributed by atoms with Crippen LogP contribution >= 0.6 is 0 Å². The molecule has 0 saturated heterocycles. The minimum Gasteiger partial charge on any atom is -0.453 e. The Bertz CT molecular complexity index is 681. The number of hydrogen-bond acceptors (Lipinski definition) is 2. The standard InChI is InChI=1S/C19H26O2/c1-12-15-10-14(19(6,7)11-18(3,4)5)8-9-16(15)21-17(12)13(2)20/h8-10H,11H2,1-7H3. The molecule has 1 heterocycles. The van der Waals surface area contributed by atoms with Crippen molar-refractivity contribution in [3.63, 3.8) is 0 Å². The van der Waals surface area contributed by atoms with Crippen molar-refractivity contribution in [2.75, 3.05) is 0 Å². The van der Waals surface area contributed by atoms with E-state index in [1.54, 1.807) is 6.92 Å². The monoisotopic (exact) mass is 286 g/mol. The molecule has 1 aromatic carbocycles. The van der Waals surface area contributed by atoms with Crippen LogP contribution in [0.5, 0.6) is 0 Å². The van der Waals surface area contributed by atoms with Crippen LogP contribution in [0.3, 0.4) is 0 Å². The van der Waals surface area contributed by atoms with E-state index in [-0.39, 0.29) is 16.6 Å². The lowest BCUT2D eigenvalue weighted by Crippen LogP contribution is -2.24. The van der Waals surface area contributed by atoms with Gasteiger partial charge in [0.15, 0.2) is 11.5 Å². The first-order chi connectivity index (χ1) is 9.51. The Balaban J connectivity index is 2.52. The molecule has 1 aromatic heterocycles. The van der Waals surface area contributed by atoms with E-state index >= 15 is 0 Å². The molecule has 0 spiro atoms. The molecule has 2 aromatic rings. The van der Waals surface area contributed by atoms with Crippen molar-refractivity contribution in [3.8, 4) is 0 Å². The minimum atomic E-state index is -0.0146. The highest BCUT2D eigenvalue weighted by Crippen LogP contribution is 2.38. The molecule has 0 N–H and O–H groups in total. The molecule has 0 bridgehead atoms. The van der Waals surface area contributed by atoms with Crippen LogP contribution in [0.1, 0.15) is 69.6 Å². The van der Waals surface area contributed by atoms with E-state index in [1.165, 1.54) is 5.56 Å². The third-order valence-corrected chi connectivity index (χ3v) is 4.01. The maximum absolute atomic E-state index is 11.6. The van der Waals surface area contributed by atoms with Crippen LogP contribution in [-0.4, -0.2) is 5.78 Å². The minimum absolute atomic E-state index is 0.0146. The number of furan rings is 1. The zero-order chi connectivity index (χ0) is 16.0. The maximum Gasteiger partial charge on any atom is 0.195 e. The van der Waals surface area contributed by atoms with Crippen LogP contribution in [0.2, 0.25) is 0 Å². The first-order valence-electron chi connectivity index (χ1n) is 7.56. The molecule has 0 amide bonds. The number of fused-ring (bicyclic) bond motifs is 1. The van der Waals surface area contributed by atoms with Crippen molar-refractivity contribution >= 4 is 16.8 Å². The Morgan fingerprint density at radius 2 is 1.76 bits per heavy atom. The number of ketones is 1. The quantitative estimate of drug-likeness (QED) is 0.682. The number of rotatable bonds is 3. The third-order valence-electron chi connectivity index (χ3n) is 4.01. The zero-order valence-electron chi connectivity index (χ0n) is 14.3. The van der Waals surface area contributed by atoms with Crippen molar-refractivity contribution in [2.24, 2.45) is 5.41 Å². The molecule has 2 heteroatoms. The molecule has 2 rings (SSSR count). The van der Waals surface area contributed by atoms with Gasteiger partial charge in [-0.15, -0.1) is 0 Å². The van der Waals surface area contributed by atoms with Crippen LogP contribution in [0.25, 0.3) is 11.0 Å². The highest BCUT2D eigenvalue weighted by molar-refractivity contribution is 5.99. The highest BCUT2D eigenvalue weighted by Gasteiger charge is 2.28. The Kier molecular flexibility index (Phi) is 3.77. The first kappa shape index (κ1) is 15.8. The van der Waals surface area contributed by atoms with E-state index < -0.39 is 0 Å². The van der Waals surface area contributed by atoms with Gasteiger partial charge in [-0.05, 0) is 41.9 Å². The summed E-state index contributed by atoms with van der Waals surface area (Å²) in [5, 5.41) is 1.06. The molecular formula is C19H26O2. The summed E-state index contributed by atoms with van der Waals surface area (Å²) in [6.45, 7) is 14.9. The second kappa shape index (κ2) is 5.01. The van der Waals surface area contributed by atoms with Crippen molar-refractivity contribution in [3.05, 3.63) is 35.1 Å². The highest BCUT2D eigenvalue weighted by atomic mass is 16.3. The van der Waals surface area contributed by atoms with Gasteiger partial charge in [0.2, 0.25) is 0 Å². The van der Waals surface area contributed by atoms with E-state index in [9.17, 15) is 4.79 Å². The molecule has 114 valence electrons. The van der Waals surface area contributed by atoms with Gasteiger partial charge in [0.25, 0.3) is 0 Å². The van der Waals surface area contributed by atoms with Crippen molar-refractivity contribution in [1.82, 2.24) is 0 Å². The molecule has 0 unspecified atom stereocenters. The van der Waals surface area contributed by atoms with E-state index in [4.69, 9.17) is 4.42 Å². The van der Waals surface area contributed by atoms with Gasteiger partial charge in [-0.25, -0.2) is 0 Å². The van der Waals surface area contributed by atoms with Crippen molar-refractivity contribution in [1.29, 1.82) is 0 Å². The molecule has 2 nitrogen and oxygen atoms in total. The molecule has 0 aliphatic rings. The Morgan fingerprint density at radius 3 is 2.29 bits per heavy atom. The van der Waals surface area contributed by atoms with E-state index in [2.05, 4.69) is 46.8 Å². The fourth-order valence-corrected chi connectivity index (χ4v) is 3.41. The number of hydrogen-bond donors (Lipinski definition) is 0. The Morgan fingerprint density at radius 1 is 1.14 bits per heavy atom.